The van der Waals surface area contributed by atoms with Crippen molar-refractivity contribution in [3.63, 3.8) is 0 Å². The van der Waals surface area contributed by atoms with Crippen molar-refractivity contribution >= 4 is 12.0 Å². The van der Waals surface area contributed by atoms with E-state index in [0.717, 1.165) is 62.0 Å². The van der Waals surface area contributed by atoms with Gasteiger partial charge < -0.3 is 15.0 Å². The molecule has 0 radical (unpaired) electrons. The van der Waals surface area contributed by atoms with E-state index in [-0.39, 0.29) is 18.4 Å². The second kappa shape index (κ2) is 9.49. The van der Waals surface area contributed by atoms with E-state index >= 15 is 0 Å². The number of hydrogen-bond donors (Lipinski definition) is 1. The lowest BCUT2D eigenvalue weighted by Crippen LogP contribution is -2.55. The Morgan fingerprint density at radius 3 is 2.77 bits per heavy atom. The third-order valence-corrected chi connectivity index (χ3v) is 6.23. The molecule has 0 saturated heterocycles. The van der Waals surface area contributed by atoms with Gasteiger partial charge in [-0.05, 0) is 44.4 Å². The highest BCUT2D eigenvalue weighted by Crippen LogP contribution is 2.32. The fraction of sp³-hybridized carbons (Fsp3) is 0.565. The van der Waals surface area contributed by atoms with Crippen molar-refractivity contribution in [1.82, 2.24) is 25.0 Å². The van der Waals surface area contributed by atoms with Crippen molar-refractivity contribution in [2.45, 2.75) is 70.5 Å². The van der Waals surface area contributed by atoms with E-state index in [9.17, 15) is 9.59 Å². The van der Waals surface area contributed by atoms with Gasteiger partial charge in [-0.2, -0.15) is 5.10 Å². The molecular weight excluding hydrogens is 394 g/mol. The van der Waals surface area contributed by atoms with Crippen molar-refractivity contribution in [2.24, 2.45) is 0 Å². The molecule has 0 aromatic carbocycles. The van der Waals surface area contributed by atoms with Gasteiger partial charge in [-0.15, -0.1) is 0 Å². The van der Waals surface area contributed by atoms with E-state index in [2.05, 4.69) is 10.3 Å². The van der Waals surface area contributed by atoms with Gasteiger partial charge in [0, 0.05) is 31.0 Å². The molecule has 0 unspecified atom stereocenters. The molecule has 0 bridgehead atoms. The summed E-state index contributed by atoms with van der Waals surface area (Å²) in [5.74, 6) is -0.236. The zero-order valence-electron chi connectivity index (χ0n) is 18.2. The molecule has 0 spiro atoms. The highest BCUT2D eigenvalue weighted by Gasteiger charge is 2.37. The molecule has 31 heavy (non-hydrogen) atoms. The van der Waals surface area contributed by atoms with Gasteiger partial charge >= 0.3 is 12.0 Å². The van der Waals surface area contributed by atoms with Gasteiger partial charge in [-0.25, -0.2) is 4.79 Å². The predicted octanol–water partition coefficient (Wildman–Crippen LogP) is 3.52. The Kier molecular flexibility index (Phi) is 6.53. The number of carbonyl (C=O) groups excluding carboxylic acids is 2. The molecule has 4 rings (SSSR count). The number of esters is 1. The van der Waals surface area contributed by atoms with Crippen molar-refractivity contribution < 1.29 is 14.3 Å². The number of aromatic nitrogens is 3. The zero-order chi connectivity index (χ0) is 21.7. The highest BCUT2D eigenvalue weighted by molar-refractivity contribution is 5.77. The summed E-state index contributed by atoms with van der Waals surface area (Å²) in [6, 6.07) is 5.82. The van der Waals surface area contributed by atoms with E-state index < -0.39 is 5.54 Å². The molecule has 1 aliphatic carbocycles. The number of nitrogens with one attached hydrogen (secondary N) is 1. The van der Waals surface area contributed by atoms with E-state index in [1.165, 1.54) is 0 Å². The first-order valence-electron chi connectivity index (χ1n) is 11.3. The average Bonchev–Trinajstić information content (AvgIpc) is 3.06. The molecule has 166 valence electrons. The van der Waals surface area contributed by atoms with E-state index in [4.69, 9.17) is 9.84 Å². The third-order valence-electron chi connectivity index (χ3n) is 6.23. The van der Waals surface area contributed by atoms with E-state index in [0.29, 0.717) is 19.7 Å². The van der Waals surface area contributed by atoms with Gasteiger partial charge in [0.2, 0.25) is 0 Å². The fourth-order valence-corrected chi connectivity index (χ4v) is 4.66. The summed E-state index contributed by atoms with van der Waals surface area (Å²) in [7, 11) is 0. The van der Waals surface area contributed by atoms with Crippen LogP contribution in [0.3, 0.4) is 0 Å². The van der Waals surface area contributed by atoms with Crippen molar-refractivity contribution in [1.29, 1.82) is 0 Å². The summed E-state index contributed by atoms with van der Waals surface area (Å²) < 4.78 is 7.18. The Morgan fingerprint density at radius 2 is 2.03 bits per heavy atom. The Hall–Kier alpha value is -2.90. The molecule has 2 aromatic rings. The van der Waals surface area contributed by atoms with Crippen LogP contribution in [0.2, 0.25) is 0 Å². The minimum Gasteiger partial charge on any atom is -0.466 e. The maximum absolute atomic E-state index is 13.3. The second-order valence-electron chi connectivity index (χ2n) is 8.51. The maximum Gasteiger partial charge on any atom is 0.318 e. The molecule has 1 N–H and O–H groups in total. The van der Waals surface area contributed by atoms with Crippen LogP contribution >= 0.6 is 0 Å². The second-order valence-corrected chi connectivity index (χ2v) is 8.51. The summed E-state index contributed by atoms with van der Waals surface area (Å²) in [5.41, 5.74) is 2.34. The fourth-order valence-electron chi connectivity index (χ4n) is 4.66. The minimum absolute atomic E-state index is 0.108. The molecular formula is C23H31N5O3. The van der Waals surface area contributed by atoms with Crippen LogP contribution in [0, 0.1) is 0 Å². The zero-order valence-corrected chi connectivity index (χ0v) is 18.2. The number of nitrogens with zero attached hydrogens (tertiary/aromatic N) is 4. The van der Waals surface area contributed by atoms with Crippen LogP contribution in [0.15, 0.2) is 30.6 Å². The summed E-state index contributed by atoms with van der Waals surface area (Å²) in [5, 5.41) is 7.96. The third kappa shape index (κ3) is 5.06. The number of rotatable bonds is 5. The number of urea groups is 1. The summed E-state index contributed by atoms with van der Waals surface area (Å²) in [4.78, 5) is 31.5. The first-order valence-corrected chi connectivity index (χ1v) is 11.3. The number of fused-ring (bicyclic) bond motifs is 1. The highest BCUT2D eigenvalue weighted by atomic mass is 16.5. The summed E-state index contributed by atoms with van der Waals surface area (Å²) in [6.45, 7) is 4.09. The maximum atomic E-state index is 13.3. The topological polar surface area (TPSA) is 89.4 Å². The summed E-state index contributed by atoms with van der Waals surface area (Å²) >= 11 is 0. The van der Waals surface area contributed by atoms with Crippen LogP contribution in [-0.2, 0) is 22.6 Å². The van der Waals surface area contributed by atoms with Crippen LogP contribution in [0.4, 0.5) is 4.79 Å². The van der Waals surface area contributed by atoms with Gasteiger partial charge in [0.05, 0.1) is 36.5 Å². The molecule has 2 amide bonds. The lowest BCUT2D eigenvalue weighted by Gasteiger charge is -2.39. The van der Waals surface area contributed by atoms with Crippen LogP contribution in [0.5, 0.6) is 0 Å². The SMILES string of the molecule is CCOC(=O)CC1(NC(=O)N2CCCn3nc(-c4cccnc4)cc3C2)CCCCC1. The largest absolute Gasteiger partial charge is 0.466 e. The first kappa shape index (κ1) is 21.3. The first-order chi connectivity index (χ1) is 15.1. The summed E-state index contributed by atoms with van der Waals surface area (Å²) in [6.07, 6.45) is 9.41. The van der Waals surface area contributed by atoms with E-state index in [1.54, 1.807) is 12.4 Å². The van der Waals surface area contributed by atoms with Gasteiger partial charge in [0.1, 0.15) is 0 Å². The quantitative estimate of drug-likeness (QED) is 0.741. The molecule has 2 aliphatic rings. The predicted molar refractivity (Wildman–Crippen MR) is 116 cm³/mol. The average molecular weight is 426 g/mol. The van der Waals surface area contributed by atoms with Crippen molar-refractivity contribution in [2.75, 3.05) is 13.2 Å². The monoisotopic (exact) mass is 425 g/mol. The molecule has 1 fully saturated rings. The standard InChI is InChI=1S/C23H31N5O3/c1-2-31-21(29)15-23(9-4-3-5-10-23)25-22(30)27-12-7-13-28-19(17-27)14-20(26-28)18-8-6-11-24-16-18/h6,8,11,14,16H,2-5,7,9-10,12-13,15,17H2,1H3,(H,25,30). The molecule has 1 saturated carbocycles. The molecule has 8 heteroatoms. The number of carbonyl (C=O) groups is 2. The number of aryl methyl sites for hydroxylation is 1. The van der Waals surface area contributed by atoms with Crippen LogP contribution in [-0.4, -0.2) is 50.4 Å². The van der Waals surface area contributed by atoms with Gasteiger partial charge in [-0.1, -0.05) is 19.3 Å². The number of amides is 2. The molecule has 8 nitrogen and oxygen atoms in total. The molecule has 0 atom stereocenters. The Balaban J connectivity index is 1.48. The van der Waals surface area contributed by atoms with Crippen LogP contribution < -0.4 is 5.32 Å². The van der Waals surface area contributed by atoms with Gasteiger partial charge in [0.25, 0.3) is 0 Å². The van der Waals surface area contributed by atoms with Gasteiger partial charge in [-0.3, -0.25) is 14.5 Å². The Bertz CT molecular complexity index is 905. The minimum atomic E-state index is -0.505. The Morgan fingerprint density at radius 1 is 1.19 bits per heavy atom. The lowest BCUT2D eigenvalue weighted by atomic mass is 9.79. The molecule has 2 aromatic heterocycles. The number of hydrogen-bond acceptors (Lipinski definition) is 5. The normalized spacial score (nSPS) is 18.0. The number of pyridine rings is 1. The molecule has 3 heterocycles. The van der Waals surface area contributed by atoms with Gasteiger partial charge in [0.15, 0.2) is 0 Å². The van der Waals surface area contributed by atoms with Crippen molar-refractivity contribution in [3.05, 3.63) is 36.3 Å². The van der Waals surface area contributed by atoms with E-state index in [1.807, 2.05) is 34.7 Å². The van der Waals surface area contributed by atoms with Crippen LogP contribution in [0.1, 0.15) is 57.6 Å². The van der Waals surface area contributed by atoms with Crippen molar-refractivity contribution in [3.8, 4) is 11.3 Å². The number of ether oxygens (including phenoxy) is 1. The molecule has 1 aliphatic heterocycles. The lowest BCUT2D eigenvalue weighted by molar-refractivity contribution is -0.145. The Labute approximate surface area is 183 Å². The smallest absolute Gasteiger partial charge is 0.318 e. The van der Waals surface area contributed by atoms with Crippen LogP contribution in [0.25, 0.3) is 11.3 Å².